The van der Waals surface area contributed by atoms with E-state index in [1.807, 2.05) is 12.1 Å². The molecule has 1 aliphatic rings. The first-order valence-corrected chi connectivity index (χ1v) is 6.19. The molecule has 0 spiro atoms. The van der Waals surface area contributed by atoms with Gasteiger partial charge in [0.05, 0.1) is 12.7 Å². The first-order chi connectivity index (χ1) is 7.34. The summed E-state index contributed by atoms with van der Waals surface area (Å²) in [6.45, 7) is 0.735. The van der Waals surface area contributed by atoms with Crippen molar-refractivity contribution in [3.63, 3.8) is 0 Å². The molecule has 1 nitrogen and oxygen atoms in total. The third kappa shape index (κ3) is 3.54. The van der Waals surface area contributed by atoms with Gasteiger partial charge in [-0.1, -0.05) is 31.4 Å². The highest BCUT2D eigenvalue weighted by Crippen LogP contribution is 2.21. The van der Waals surface area contributed by atoms with E-state index >= 15 is 0 Å². The Labute approximate surface area is 97.2 Å². The fourth-order valence-electron chi connectivity index (χ4n) is 2.09. The van der Waals surface area contributed by atoms with Crippen LogP contribution in [-0.4, -0.2) is 6.10 Å². The SMILES string of the molecule is Sc1cccc(COC2CCCCC2)c1. The number of hydrogen-bond acceptors (Lipinski definition) is 2. The monoisotopic (exact) mass is 222 g/mol. The molecule has 15 heavy (non-hydrogen) atoms. The zero-order valence-corrected chi connectivity index (χ0v) is 9.88. The van der Waals surface area contributed by atoms with Crippen LogP contribution in [0.15, 0.2) is 29.2 Å². The van der Waals surface area contributed by atoms with E-state index in [1.165, 1.54) is 37.7 Å². The Bertz CT molecular complexity index is 305. The summed E-state index contributed by atoms with van der Waals surface area (Å²) in [6, 6.07) is 8.20. The highest BCUT2D eigenvalue weighted by molar-refractivity contribution is 7.80. The molecule has 0 atom stereocenters. The van der Waals surface area contributed by atoms with Crippen LogP contribution >= 0.6 is 12.6 Å². The lowest BCUT2D eigenvalue weighted by molar-refractivity contribution is 0.0168. The van der Waals surface area contributed by atoms with Crippen LogP contribution in [0, 0.1) is 0 Å². The Kier molecular flexibility index (Phi) is 4.09. The average molecular weight is 222 g/mol. The fourth-order valence-corrected chi connectivity index (χ4v) is 2.34. The first kappa shape index (κ1) is 11.0. The van der Waals surface area contributed by atoms with Crippen molar-refractivity contribution in [3.8, 4) is 0 Å². The van der Waals surface area contributed by atoms with Crippen molar-refractivity contribution in [2.75, 3.05) is 0 Å². The second-order valence-corrected chi connectivity index (χ2v) is 4.76. The van der Waals surface area contributed by atoms with Crippen LogP contribution in [0.5, 0.6) is 0 Å². The van der Waals surface area contributed by atoms with Crippen molar-refractivity contribution in [1.82, 2.24) is 0 Å². The molecule has 0 amide bonds. The summed E-state index contributed by atoms with van der Waals surface area (Å²) in [6.07, 6.45) is 7.00. The van der Waals surface area contributed by atoms with Crippen molar-refractivity contribution >= 4 is 12.6 Å². The fraction of sp³-hybridized carbons (Fsp3) is 0.538. The number of hydrogen-bond donors (Lipinski definition) is 1. The third-order valence-electron chi connectivity index (χ3n) is 2.95. The molecule has 0 bridgehead atoms. The molecule has 1 aromatic rings. The Morgan fingerprint density at radius 1 is 1.20 bits per heavy atom. The minimum absolute atomic E-state index is 0.488. The van der Waals surface area contributed by atoms with E-state index in [1.54, 1.807) is 0 Å². The average Bonchev–Trinajstić information content (AvgIpc) is 2.28. The molecule has 0 unspecified atom stereocenters. The molecular formula is C13H18OS. The summed E-state index contributed by atoms with van der Waals surface area (Å²) in [5.41, 5.74) is 1.23. The van der Waals surface area contributed by atoms with E-state index in [-0.39, 0.29) is 0 Å². The van der Waals surface area contributed by atoms with Gasteiger partial charge >= 0.3 is 0 Å². The maximum absolute atomic E-state index is 5.89. The lowest BCUT2D eigenvalue weighted by Gasteiger charge is -2.22. The molecule has 2 rings (SSSR count). The topological polar surface area (TPSA) is 9.23 Å². The molecule has 0 aliphatic heterocycles. The highest BCUT2D eigenvalue weighted by atomic mass is 32.1. The zero-order valence-electron chi connectivity index (χ0n) is 8.98. The van der Waals surface area contributed by atoms with E-state index in [9.17, 15) is 0 Å². The highest BCUT2D eigenvalue weighted by Gasteiger charge is 2.13. The van der Waals surface area contributed by atoms with Crippen LogP contribution in [0.4, 0.5) is 0 Å². The smallest absolute Gasteiger partial charge is 0.0721 e. The summed E-state index contributed by atoms with van der Waals surface area (Å²) in [7, 11) is 0. The van der Waals surface area contributed by atoms with Crippen molar-refractivity contribution < 1.29 is 4.74 Å². The lowest BCUT2D eigenvalue weighted by atomic mass is 9.98. The van der Waals surface area contributed by atoms with Gasteiger partial charge in [0.1, 0.15) is 0 Å². The van der Waals surface area contributed by atoms with E-state index in [4.69, 9.17) is 4.74 Å². The predicted octanol–water partition coefficient (Wildman–Crippen LogP) is 3.82. The molecule has 0 aromatic heterocycles. The molecule has 0 heterocycles. The summed E-state index contributed by atoms with van der Waals surface area (Å²) >= 11 is 4.32. The van der Waals surface area contributed by atoms with Crippen LogP contribution < -0.4 is 0 Å². The number of benzene rings is 1. The summed E-state index contributed by atoms with van der Waals surface area (Å²) < 4.78 is 5.89. The van der Waals surface area contributed by atoms with Gasteiger partial charge in [-0.05, 0) is 30.5 Å². The standard InChI is InChI=1S/C13H18OS/c15-13-8-4-5-11(9-13)10-14-12-6-2-1-3-7-12/h4-5,8-9,12,15H,1-3,6-7,10H2. The van der Waals surface area contributed by atoms with Gasteiger partial charge in [0.2, 0.25) is 0 Å². The Morgan fingerprint density at radius 3 is 2.73 bits per heavy atom. The van der Waals surface area contributed by atoms with Gasteiger partial charge in [-0.25, -0.2) is 0 Å². The number of rotatable bonds is 3. The molecule has 2 heteroatoms. The van der Waals surface area contributed by atoms with Gasteiger partial charge in [0, 0.05) is 4.90 Å². The molecule has 1 aromatic carbocycles. The summed E-state index contributed by atoms with van der Waals surface area (Å²) in [5.74, 6) is 0. The zero-order chi connectivity index (χ0) is 10.5. The van der Waals surface area contributed by atoms with Gasteiger partial charge in [-0.3, -0.25) is 0 Å². The molecule has 82 valence electrons. The van der Waals surface area contributed by atoms with Crippen LogP contribution in [0.3, 0.4) is 0 Å². The molecule has 1 saturated carbocycles. The van der Waals surface area contributed by atoms with Gasteiger partial charge < -0.3 is 4.74 Å². The minimum Gasteiger partial charge on any atom is -0.374 e. The predicted molar refractivity (Wildman–Crippen MR) is 65.4 cm³/mol. The van der Waals surface area contributed by atoms with Crippen molar-refractivity contribution in [2.45, 2.75) is 49.7 Å². The lowest BCUT2D eigenvalue weighted by Crippen LogP contribution is -2.16. The van der Waals surface area contributed by atoms with E-state index in [0.717, 1.165) is 11.5 Å². The van der Waals surface area contributed by atoms with Crippen molar-refractivity contribution in [3.05, 3.63) is 29.8 Å². The normalized spacial score (nSPS) is 17.9. The number of thiol groups is 1. The van der Waals surface area contributed by atoms with Crippen LogP contribution in [-0.2, 0) is 11.3 Å². The van der Waals surface area contributed by atoms with Crippen LogP contribution in [0.2, 0.25) is 0 Å². The second kappa shape index (κ2) is 5.57. The Morgan fingerprint density at radius 2 is 2.00 bits per heavy atom. The maximum Gasteiger partial charge on any atom is 0.0721 e. The van der Waals surface area contributed by atoms with E-state index < -0.39 is 0 Å². The van der Waals surface area contributed by atoms with Gasteiger partial charge in [-0.15, -0.1) is 12.6 Å². The minimum atomic E-state index is 0.488. The molecule has 0 N–H and O–H groups in total. The van der Waals surface area contributed by atoms with Crippen molar-refractivity contribution in [2.24, 2.45) is 0 Å². The number of ether oxygens (including phenoxy) is 1. The molecular weight excluding hydrogens is 204 g/mol. The summed E-state index contributed by atoms with van der Waals surface area (Å²) in [5, 5.41) is 0. The van der Waals surface area contributed by atoms with Crippen LogP contribution in [0.25, 0.3) is 0 Å². The van der Waals surface area contributed by atoms with E-state index in [2.05, 4.69) is 24.8 Å². The van der Waals surface area contributed by atoms with Gasteiger partial charge in [0.15, 0.2) is 0 Å². The van der Waals surface area contributed by atoms with Gasteiger partial charge in [-0.2, -0.15) is 0 Å². The summed E-state index contributed by atoms with van der Waals surface area (Å²) in [4.78, 5) is 1.01. The van der Waals surface area contributed by atoms with Crippen molar-refractivity contribution in [1.29, 1.82) is 0 Å². The molecule has 0 saturated heterocycles. The molecule has 1 fully saturated rings. The second-order valence-electron chi connectivity index (χ2n) is 4.24. The first-order valence-electron chi connectivity index (χ1n) is 5.74. The largest absolute Gasteiger partial charge is 0.374 e. The molecule has 1 aliphatic carbocycles. The van der Waals surface area contributed by atoms with Crippen LogP contribution in [0.1, 0.15) is 37.7 Å². The van der Waals surface area contributed by atoms with Gasteiger partial charge in [0.25, 0.3) is 0 Å². The quantitative estimate of drug-likeness (QED) is 0.765. The maximum atomic E-state index is 5.89. The third-order valence-corrected chi connectivity index (χ3v) is 3.23. The van der Waals surface area contributed by atoms with E-state index in [0.29, 0.717) is 6.10 Å². The Balaban J connectivity index is 1.81. The Hall–Kier alpha value is -0.470. The molecule has 0 radical (unpaired) electrons.